The highest BCUT2D eigenvalue weighted by atomic mass is 16.7. The lowest BCUT2D eigenvalue weighted by Crippen LogP contribution is -2.41. The normalized spacial score (nSPS) is 22.0. The van der Waals surface area contributed by atoms with E-state index < -0.39 is 0 Å². The lowest BCUT2D eigenvalue weighted by molar-refractivity contribution is 0.00578. The molecule has 0 aromatic carbocycles. The van der Waals surface area contributed by atoms with Crippen molar-refractivity contribution >= 4 is 7.69 Å². The van der Waals surface area contributed by atoms with Crippen molar-refractivity contribution < 1.29 is 9.31 Å². The van der Waals surface area contributed by atoms with Crippen LogP contribution in [0.4, 0.5) is 0 Å². The highest BCUT2D eigenvalue weighted by molar-refractivity contribution is 6.19. The molecule has 1 aliphatic heterocycles. The van der Waals surface area contributed by atoms with Crippen LogP contribution in [-0.4, -0.2) is 29.1 Å². The zero-order valence-corrected chi connectivity index (χ0v) is 9.07. The molecule has 0 unspecified atom stereocenters. The van der Waals surface area contributed by atoms with Crippen LogP contribution in [0.2, 0.25) is 0 Å². The molecule has 1 saturated heterocycles. The van der Waals surface area contributed by atoms with Crippen LogP contribution in [-0.2, 0) is 9.31 Å². The smallest absolute Gasteiger partial charge is 0.405 e. The van der Waals surface area contributed by atoms with Gasteiger partial charge in [0.1, 0.15) is 0 Å². The Labute approximate surface area is 85.3 Å². The van der Waals surface area contributed by atoms with Crippen molar-refractivity contribution in [1.82, 2.24) is 10.2 Å². The Kier molecular flexibility index (Phi) is 3.34. The van der Waals surface area contributed by atoms with Gasteiger partial charge in [0, 0.05) is 12.4 Å². The third kappa shape index (κ3) is 2.59. The summed E-state index contributed by atoms with van der Waals surface area (Å²) in [6.45, 7) is 8.04. The van der Waals surface area contributed by atoms with Crippen LogP contribution < -0.4 is 0 Å². The summed E-state index contributed by atoms with van der Waals surface area (Å²) in [7, 11) is 1.42. The molecule has 2 heterocycles. The maximum Gasteiger partial charge on any atom is 0.488 e. The van der Waals surface area contributed by atoms with E-state index in [0.29, 0.717) is 0 Å². The molecule has 0 bridgehead atoms. The lowest BCUT2D eigenvalue weighted by Gasteiger charge is -2.32. The van der Waals surface area contributed by atoms with Crippen molar-refractivity contribution in [2.75, 3.05) is 0 Å². The van der Waals surface area contributed by atoms with Gasteiger partial charge in [0.2, 0.25) is 0 Å². The van der Waals surface area contributed by atoms with Crippen molar-refractivity contribution in [3.8, 4) is 0 Å². The maximum atomic E-state index is 5.21. The number of H-pyrrole nitrogens is 1. The molecular formula is C9H16BN2O2. The van der Waals surface area contributed by atoms with Gasteiger partial charge >= 0.3 is 7.69 Å². The Balaban J connectivity index is 0.000000165. The van der Waals surface area contributed by atoms with Gasteiger partial charge in [-0.25, -0.2) is 0 Å². The molecule has 4 nitrogen and oxygen atoms in total. The molecule has 77 valence electrons. The number of aromatic amines is 1. The molecular weight excluding hydrogens is 179 g/mol. The lowest BCUT2D eigenvalue weighted by atomic mass is 9.90. The summed E-state index contributed by atoms with van der Waals surface area (Å²) in [6.07, 6.45) is 3.46. The van der Waals surface area contributed by atoms with Crippen molar-refractivity contribution in [2.24, 2.45) is 0 Å². The predicted octanol–water partition coefficient (Wildman–Crippen LogP) is 1.53. The van der Waals surface area contributed by atoms with E-state index >= 15 is 0 Å². The molecule has 1 aliphatic rings. The molecule has 0 spiro atoms. The summed E-state index contributed by atoms with van der Waals surface area (Å²) in [5.74, 6) is 0. The van der Waals surface area contributed by atoms with Gasteiger partial charge in [-0.15, -0.1) is 0 Å². The van der Waals surface area contributed by atoms with Crippen LogP contribution in [0.5, 0.6) is 0 Å². The molecule has 1 radical (unpaired) electrons. The quantitative estimate of drug-likeness (QED) is 0.638. The van der Waals surface area contributed by atoms with E-state index in [1.54, 1.807) is 12.4 Å². The predicted molar refractivity (Wildman–Crippen MR) is 54.7 cm³/mol. The summed E-state index contributed by atoms with van der Waals surface area (Å²) < 4.78 is 10.4. The fourth-order valence-corrected chi connectivity index (χ4v) is 0.764. The Morgan fingerprint density at radius 2 is 1.71 bits per heavy atom. The number of hydrogen-bond donors (Lipinski definition) is 1. The zero-order valence-electron chi connectivity index (χ0n) is 9.07. The summed E-state index contributed by atoms with van der Waals surface area (Å²) in [5, 5.41) is 6.21. The van der Waals surface area contributed by atoms with E-state index in [9.17, 15) is 0 Å². The number of hydrogen-bond acceptors (Lipinski definition) is 3. The first-order valence-corrected chi connectivity index (χ1v) is 4.57. The minimum absolute atomic E-state index is 0.187. The first kappa shape index (κ1) is 11.3. The second-order valence-corrected chi connectivity index (χ2v) is 4.12. The number of nitrogens with one attached hydrogen (secondary N) is 1. The topological polar surface area (TPSA) is 47.1 Å². The van der Waals surface area contributed by atoms with Gasteiger partial charge in [0.15, 0.2) is 0 Å². The second kappa shape index (κ2) is 4.15. The molecule has 0 aliphatic carbocycles. The third-order valence-corrected chi connectivity index (χ3v) is 2.54. The number of nitrogens with zero attached hydrogens (tertiary/aromatic N) is 1. The Morgan fingerprint density at radius 1 is 1.14 bits per heavy atom. The van der Waals surface area contributed by atoms with Crippen molar-refractivity contribution in [2.45, 2.75) is 38.9 Å². The number of rotatable bonds is 0. The largest absolute Gasteiger partial charge is 0.488 e. The Hall–Kier alpha value is -0.805. The molecule has 2 rings (SSSR count). The average molecular weight is 195 g/mol. The van der Waals surface area contributed by atoms with Crippen LogP contribution in [0, 0.1) is 0 Å². The van der Waals surface area contributed by atoms with E-state index in [4.69, 9.17) is 9.31 Å². The van der Waals surface area contributed by atoms with E-state index in [-0.39, 0.29) is 11.2 Å². The van der Waals surface area contributed by atoms with Crippen LogP contribution in [0.25, 0.3) is 0 Å². The second-order valence-electron chi connectivity index (χ2n) is 4.12. The third-order valence-electron chi connectivity index (χ3n) is 2.54. The summed E-state index contributed by atoms with van der Waals surface area (Å²) in [5.41, 5.74) is -0.375. The molecule has 1 fully saturated rings. The molecule has 1 aromatic rings. The van der Waals surface area contributed by atoms with Crippen molar-refractivity contribution in [1.29, 1.82) is 0 Å². The SMILES string of the molecule is CC1(C)O[B]OC1(C)C.c1cn[nH]c1. The van der Waals surface area contributed by atoms with Gasteiger partial charge in [0.05, 0.1) is 11.2 Å². The van der Waals surface area contributed by atoms with Crippen LogP contribution in [0.3, 0.4) is 0 Å². The van der Waals surface area contributed by atoms with Crippen LogP contribution >= 0.6 is 0 Å². The first-order chi connectivity index (χ1) is 6.46. The van der Waals surface area contributed by atoms with Gasteiger partial charge in [-0.05, 0) is 33.8 Å². The molecule has 14 heavy (non-hydrogen) atoms. The fourth-order valence-electron chi connectivity index (χ4n) is 0.764. The fraction of sp³-hybridized carbons (Fsp3) is 0.667. The summed E-state index contributed by atoms with van der Waals surface area (Å²) in [6, 6.07) is 1.83. The van der Waals surface area contributed by atoms with Crippen molar-refractivity contribution in [3.63, 3.8) is 0 Å². The summed E-state index contributed by atoms with van der Waals surface area (Å²) >= 11 is 0. The Bertz CT molecular complexity index is 229. The molecule has 0 atom stereocenters. The monoisotopic (exact) mass is 195 g/mol. The first-order valence-electron chi connectivity index (χ1n) is 4.57. The van der Waals surface area contributed by atoms with Crippen LogP contribution in [0.15, 0.2) is 18.5 Å². The molecule has 5 heteroatoms. The van der Waals surface area contributed by atoms with Crippen molar-refractivity contribution in [3.05, 3.63) is 18.5 Å². The minimum Gasteiger partial charge on any atom is -0.405 e. The van der Waals surface area contributed by atoms with E-state index in [2.05, 4.69) is 10.2 Å². The standard InChI is InChI=1S/C6H12BO2.C3H4N2/c1-5(2)6(3,4)9-7-8-5;1-2-4-5-3-1/h1-4H3;1-3H,(H,4,5). The summed E-state index contributed by atoms with van der Waals surface area (Å²) in [4.78, 5) is 0. The van der Waals surface area contributed by atoms with Gasteiger partial charge in [0.25, 0.3) is 0 Å². The average Bonchev–Trinajstić information content (AvgIpc) is 2.64. The van der Waals surface area contributed by atoms with Gasteiger partial charge in [-0.2, -0.15) is 5.10 Å². The van der Waals surface area contributed by atoms with E-state index in [1.165, 1.54) is 7.69 Å². The highest BCUT2D eigenvalue weighted by Crippen LogP contribution is 2.33. The van der Waals surface area contributed by atoms with Gasteiger partial charge < -0.3 is 9.31 Å². The zero-order chi connectivity index (χ0) is 10.7. The van der Waals surface area contributed by atoms with Crippen LogP contribution in [0.1, 0.15) is 27.7 Å². The number of aromatic nitrogens is 2. The molecule has 1 N–H and O–H groups in total. The van der Waals surface area contributed by atoms with E-state index in [1.807, 2.05) is 33.8 Å². The van der Waals surface area contributed by atoms with E-state index in [0.717, 1.165) is 0 Å². The molecule has 0 saturated carbocycles. The molecule has 0 amide bonds. The minimum atomic E-state index is -0.188. The maximum absolute atomic E-state index is 5.21. The van der Waals surface area contributed by atoms with Gasteiger partial charge in [-0.1, -0.05) is 0 Å². The highest BCUT2D eigenvalue weighted by Gasteiger charge is 2.44. The molecule has 1 aromatic heterocycles. The van der Waals surface area contributed by atoms with Gasteiger partial charge in [-0.3, -0.25) is 5.10 Å². The Morgan fingerprint density at radius 3 is 1.86 bits per heavy atom.